The number of aromatic nitrogens is 1. The van der Waals surface area contributed by atoms with E-state index in [4.69, 9.17) is 5.11 Å². The molecule has 2 rings (SSSR count). The fourth-order valence-electron chi connectivity index (χ4n) is 1.29. The Morgan fingerprint density at radius 2 is 1.94 bits per heavy atom. The Hall–Kier alpha value is -1.33. The van der Waals surface area contributed by atoms with Crippen LogP contribution in [-0.2, 0) is 6.61 Å². The molecule has 0 bridgehead atoms. The van der Waals surface area contributed by atoms with Crippen LogP contribution < -0.4 is 0 Å². The molecule has 5 heteroatoms. The summed E-state index contributed by atoms with van der Waals surface area (Å²) in [6, 6.07) is 6.00. The largest absolute Gasteiger partial charge is 0.391 e. The van der Waals surface area contributed by atoms with E-state index in [0.717, 1.165) is 15.4 Å². The summed E-state index contributed by atoms with van der Waals surface area (Å²) in [5.41, 5.74) is 0.789. The Kier molecular flexibility index (Phi) is 3.26. The van der Waals surface area contributed by atoms with Gasteiger partial charge in [-0.25, -0.2) is 13.8 Å². The van der Waals surface area contributed by atoms with Crippen molar-refractivity contribution in [3.63, 3.8) is 0 Å². The second-order valence-corrected chi connectivity index (χ2v) is 4.33. The van der Waals surface area contributed by atoms with E-state index in [1.165, 1.54) is 23.5 Å². The fourth-order valence-corrected chi connectivity index (χ4v) is 2.06. The van der Waals surface area contributed by atoms with Gasteiger partial charge in [0.1, 0.15) is 5.01 Å². The van der Waals surface area contributed by atoms with Crippen molar-refractivity contribution >= 4 is 11.3 Å². The van der Waals surface area contributed by atoms with Gasteiger partial charge in [-0.1, -0.05) is 24.3 Å². The molecule has 1 heterocycles. The van der Waals surface area contributed by atoms with E-state index in [0.29, 0.717) is 0 Å². The highest BCUT2D eigenvalue weighted by Gasteiger charge is 2.08. The number of benzene rings is 1. The SMILES string of the molecule is OCc1cnc(-c2ccc(C(F)F)cc2)s1. The molecule has 0 fully saturated rings. The van der Waals surface area contributed by atoms with Crippen molar-refractivity contribution < 1.29 is 13.9 Å². The number of thiazole rings is 1. The first-order valence-electron chi connectivity index (χ1n) is 4.64. The van der Waals surface area contributed by atoms with Crippen LogP contribution in [0, 0.1) is 0 Å². The number of rotatable bonds is 3. The molecule has 0 aliphatic heterocycles. The molecule has 0 saturated carbocycles. The summed E-state index contributed by atoms with van der Waals surface area (Å²) >= 11 is 1.35. The Bertz CT molecular complexity index is 467. The predicted molar refractivity (Wildman–Crippen MR) is 58.4 cm³/mol. The Morgan fingerprint density at radius 1 is 1.25 bits per heavy atom. The van der Waals surface area contributed by atoms with Crippen molar-refractivity contribution in [2.24, 2.45) is 0 Å². The van der Waals surface area contributed by atoms with Gasteiger partial charge in [0, 0.05) is 17.3 Å². The molecule has 0 amide bonds. The molecule has 0 unspecified atom stereocenters. The van der Waals surface area contributed by atoms with E-state index in [1.807, 2.05) is 0 Å². The molecule has 1 N–H and O–H groups in total. The van der Waals surface area contributed by atoms with Gasteiger partial charge in [0.25, 0.3) is 6.43 Å². The first-order chi connectivity index (χ1) is 7.70. The maximum Gasteiger partial charge on any atom is 0.263 e. The lowest BCUT2D eigenvalue weighted by atomic mass is 10.1. The zero-order valence-corrected chi connectivity index (χ0v) is 9.05. The van der Waals surface area contributed by atoms with E-state index >= 15 is 0 Å². The molecule has 0 aliphatic carbocycles. The monoisotopic (exact) mass is 241 g/mol. The molecule has 2 aromatic rings. The number of hydrogen-bond donors (Lipinski definition) is 1. The van der Waals surface area contributed by atoms with Crippen molar-refractivity contribution in [3.8, 4) is 10.6 Å². The van der Waals surface area contributed by atoms with Crippen molar-refractivity contribution in [1.82, 2.24) is 4.98 Å². The number of halogens is 2. The third-order valence-electron chi connectivity index (χ3n) is 2.12. The zero-order chi connectivity index (χ0) is 11.5. The normalized spacial score (nSPS) is 11.0. The minimum atomic E-state index is -2.45. The summed E-state index contributed by atoms with van der Waals surface area (Å²) in [7, 11) is 0. The van der Waals surface area contributed by atoms with Crippen LogP contribution in [0.15, 0.2) is 30.5 Å². The molecule has 0 atom stereocenters. The maximum atomic E-state index is 12.3. The Labute approximate surface area is 95.2 Å². The minimum absolute atomic E-state index is 0.00249. The fraction of sp³-hybridized carbons (Fsp3) is 0.182. The lowest BCUT2D eigenvalue weighted by Crippen LogP contribution is -1.83. The van der Waals surface area contributed by atoms with Crippen LogP contribution in [0.25, 0.3) is 10.6 Å². The molecule has 0 radical (unpaired) electrons. The highest BCUT2D eigenvalue weighted by atomic mass is 32.1. The van der Waals surface area contributed by atoms with Crippen LogP contribution in [0.1, 0.15) is 16.9 Å². The summed E-state index contributed by atoms with van der Waals surface area (Å²) in [6.45, 7) is -0.0488. The van der Waals surface area contributed by atoms with Crippen LogP contribution in [0.3, 0.4) is 0 Å². The van der Waals surface area contributed by atoms with Crippen LogP contribution >= 0.6 is 11.3 Å². The molecular weight excluding hydrogens is 232 g/mol. The van der Waals surface area contributed by atoms with Crippen LogP contribution in [0.4, 0.5) is 8.78 Å². The van der Waals surface area contributed by atoms with Gasteiger partial charge in [-0.2, -0.15) is 0 Å². The number of hydrogen-bond acceptors (Lipinski definition) is 3. The van der Waals surface area contributed by atoms with Crippen LogP contribution in [0.2, 0.25) is 0 Å². The van der Waals surface area contributed by atoms with Crippen LogP contribution in [0.5, 0.6) is 0 Å². The minimum Gasteiger partial charge on any atom is -0.391 e. The predicted octanol–water partition coefficient (Wildman–Crippen LogP) is 3.24. The number of nitrogens with zero attached hydrogens (tertiary/aromatic N) is 1. The number of aliphatic hydroxyl groups is 1. The average Bonchev–Trinajstić information content (AvgIpc) is 2.77. The molecule has 16 heavy (non-hydrogen) atoms. The van der Waals surface area contributed by atoms with E-state index < -0.39 is 6.43 Å². The van der Waals surface area contributed by atoms with E-state index in [2.05, 4.69) is 4.98 Å². The maximum absolute atomic E-state index is 12.3. The summed E-state index contributed by atoms with van der Waals surface area (Å²) in [5, 5.41) is 9.61. The van der Waals surface area contributed by atoms with Crippen molar-refractivity contribution in [1.29, 1.82) is 0 Å². The molecule has 1 aromatic carbocycles. The lowest BCUT2D eigenvalue weighted by molar-refractivity contribution is 0.151. The van der Waals surface area contributed by atoms with Crippen molar-refractivity contribution in [2.75, 3.05) is 0 Å². The quantitative estimate of drug-likeness (QED) is 0.894. The summed E-state index contributed by atoms with van der Waals surface area (Å²) in [6.07, 6.45) is -0.862. The summed E-state index contributed by atoms with van der Waals surface area (Å²) in [4.78, 5) is 4.86. The topological polar surface area (TPSA) is 33.1 Å². The summed E-state index contributed by atoms with van der Waals surface area (Å²) < 4.78 is 24.6. The van der Waals surface area contributed by atoms with E-state index in [9.17, 15) is 8.78 Å². The van der Waals surface area contributed by atoms with Crippen molar-refractivity contribution in [2.45, 2.75) is 13.0 Å². The third-order valence-corrected chi connectivity index (χ3v) is 3.15. The van der Waals surface area contributed by atoms with Gasteiger partial charge < -0.3 is 5.11 Å². The third kappa shape index (κ3) is 2.25. The average molecular weight is 241 g/mol. The van der Waals surface area contributed by atoms with Gasteiger partial charge in [0.15, 0.2) is 0 Å². The first kappa shape index (κ1) is 11.2. The molecule has 1 aromatic heterocycles. The molecule has 2 nitrogen and oxygen atoms in total. The van der Waals surface area contributed by atoms with Gasteiger partial charge >= 0.3 is 0 Å². The lowest BCUT2D eigenvalue weighted by Gasteiger charge is -2.00. The Morgan fingerprint density at radius 3 is 2.44 bits per heavy atom. The second-order valence-electron chi connectivity index (χ2n) is 3.21. The van der Waals surface area contributed by atoms with Gasteiger partial charge in [-0.3, -0.25) is 0 Å². The highest BCUT2D eigenvalue weighted by Crippen LogP contribution is 2.27. The first-order valence-corrected chi connectivity index (χ1v) is 5.46. The molecular formula is C11H9F2NOS. The highest BCUT2D eigenvalue weighted by molar-refractivity contribution is 7.15. The van der Waals surface area contributed by atoms with Gasteiger partial charge in [0.05, 0.1) is 11.5 Å². The smallest absolute Gasteiger partial charge is 0.263 e. The van der Waals surface area contributed by atoms with E-state index in [-0.39, 0.29) is 12.2 Å². The molecule has 84 valence electrons. The van der Waals surface area contributed by atoms with Gasteiger partial charge in [-0.05, 0) is 0 Å². The van der Waals surface area contributed by atoms with Gasteiger partial charge in [-0.15, -0.1) is 11.3 Å². The molecule has 0 aliphatic rings. The Balaban J connectivity index is 2.27. The molecule has 0 saturated heterocycles. The number of aliphatic hydroxyl groups excluding tert-OH is 1. The second kappa shape index (κ2) is 4.67. The van der Waals surface area contributed by atoms with E-state index in [1.54, 1.807) is 18.3 Å². The molecule has 0 spiro atoms. The summed E-state index contributed by atoms with van der Waals surface area (Å²) in [5.74, 6) is 0. The van der Waals surface area contributed by atoms with Gasteiger partial charge in [0.2, 0.25) is 0 Å². The zero-order valence-electron chi connectivity index (χ0n) is 8.23. The van der Waals surface area contributed by atoms with Crippen molar-refractivity contribution in [3.05, 3.63) is 40.9 Å². The van der Waals surface area contributed by atoms with Crippen LogP contribution in [-0.4, -0.2) is 10.1 Å². The standard InChI is InChI=1S/C11H9F2NOS/c12-10(13)7-1-3-8(4-2-7)11-14-5-9(6-15)16-11/h1-5,10,15H,6H2. The number of alkyl halides is 2.